The van der Waals surface area contributed by atoms with E-state index in [4.69, 9.17) is 0 Å². The lowest BCUT2D eigenvalue weighted by atomic mass is 9.81. The zero-order valence-corrected chi connectivity index (χ0v) is 16.5. The van der Waals surface area contributed by atoms with Gasteiger partial charge in [0.2, 0.25) is 5.91 Å². The Kier molecular flexibility index (Phi) is 5.30. The van der Waals surface area contributed by atoms with Gasteiger partial charge in [-0.1, -0.05) is 49.9 Å². The van der Waals surface area contributed by atoms with Gasteiger partial charge in [0.1, 0.15) is 0 Å². The number of benzene rings is 1. The second-order valence-corrected chi connectivity index (χ2v) is 8.62. The Morgan fingerprint density at radius 1 is 1.07 bits per heavy atom. The number of likely N-dealkylation sites (N-methyl/N-ethyl adjacent to an activating group) is 1. The van der Waals surface area contributed by atoms with Gasteiger partial charge < -0.3 is 10.2 Å². The Hall–Kier alpha value is -2.14. The van der Waals surface area contributed by atoms with Gasteiger partial charge in [0.25, 0.3) is 5.91 Å². The van der Waals surface area contributed by atoms with Crippen molar-refractivity contribution in [3.8, 4) is 0 Å². The molecule has 0 unspecified atom stereocenters. The molecule has 0 spiro atoms. The fourth-order valence-electron chi connectivity index (χ4n) is 4.49. The summed E-state index contributed by atoms with van der Waals surface area (Å²) in [6, 6.07) is 11.6. The summed E-state index contributed by atoms with van der Waals surface area (Å²) in [7, 11) is 1.81. The number of carbonyl (C=O) groups is 2. The molecular weight excluding hydrogens is 356 g/mol. The van der Waals surface area contributed by atoms with E-state index in [1.807, 2.05) is 48.8 Å². The zero-order valence-electron chi connectivity index (χ0n) is 15.7. The molecule has 4 nitrogen and oxygen atoms in total. The van der Waals surface area contributed by atoms with Crippen molar-refractivity contribution < 1.29 is 9.59 Å². The molecule has 27 heavy (non-hydrogen) atoms. The molecule has 1 saturated carbocycles. The number of nitrogens with one attached hydrogen (secondary N) is 1. The summed E-state index contributed by atoms with van der Waals surface area (Å²) in [5.74, 6) is -0.333. The second-order valence-electron chi connectivity index (χ2n) is 7.64. The van der Waals surface area contributed by atoms with Gasteiger partial charge >= 0.3 is 0 Å². The number of rotatable bonds is 3. The van der Waals surface area contributed by atoms with E-state index in [2.05, 4.69) is 5.32 Å². The van der Waals surface area contributed by atoms with Crippen LogP contribution in [-0.2, 0) is 4.79 Å². The highest BCUT2D eigenvalue weighted by Crippen LogP contribution is 2.43. The Bertz CT molecular complexity index is 809. The average Bonchev–Trinajstić information content (AvgIpc) is 3.09. The third kappa shape index (κ3) is 3.53. The molecule has 2 amide bonds. The summed E-state index contributed by atoms with van der Waals surface area (Å²) in [6.07, 6.45) is 6.98. The second kappa shape index (κ2) is 7.85. The molecule has 0 saturated heterocycles. The van der Waals surface area contributed by atoms with Crippen LogP contribution in [0.1, 0.15) is 71.3 Å². The predicted octanol–water partition coefficient (Wildman–Crippen LogP) is 4.50. The number of carbonyl (C=O) groups excluding carboxylic acids is 2. The van der Waals surface area contributed by atoms with Crippen molar-refractivity contribution in [2.75, 3.05) is 7.05 Å². The average molecular weight is 383 g/mol. The van der Waals surface area contributed by atoms with Crippen molar-refractivity contribution in [2.24, 2.45) is 0 Å². The van der Waals surface area contributed by atoms with Crippen LogP contribution >= 0.6 is 11.3 Å². The van der Waals surface area contributed by atoms with Crippen molar-refractivity contribution >= 4 is 23.2 Å². The van der Waals surface area contributed by atoms with Crippen molar-refractivity contribution in [3.05, 3.63) is 57.8 Å². The van der Waals surface area contributed by atoms with E-state index in [9.17, 15) is 9.59 Å². The summed E-state index contributed by atoms with van der Waals surface area (Å²) < 4.78 is 0. The summed E-state index contributed by atoms with van der Waals surface area (Å²) in [5.41, 5.74) is 1.50. The molecule has 5 heteroatoms. The molecule has 142 valence electrons. The fourth-order valence-corrected chi connectivity index (χ4v) is 5.39. The van der Waals surface area contributed by atoms with Crippen LogP contribution in [0.25, 0.3) is 0 Å². The molecule has 2 aromatic rings. The number of thiophene rings is 1. The minimum Gasteiger partial charge on any atom is -0.353 e. The van der Waals surface area contributed by atoms with Crippen LogP contribution in [0.15, 0.2) is 41.8 Å². The zero-order chi connectivity index (χ0) is 18.8. The highest BCUT2D eigenvalue weighted by Gasteiger charge is 2.43. The normalized spacial score (nSPS) is 23.6. The van der Waals surface area contributed by atoms with Crippen molar-refractivity contribution in [1.29, 1.82) is 0 Å². The number of hydrogen-bond acceptors (Lipinski definition) is 3. The van der Waals surface area contributed by atoms with E-state index in [0.29, 0.717) is 5.56 Å². The monoisotopic (exact) mass is 382 g/mol. The third-order valence-electron chi connectivity index (χ3n) is 5.90. The highest BCUT2D eigenvalue weighted by molar-refractivity contribution is 7.10. The first-order valence-electron chi connectivity index (χ1n) is 9.86. The number of hydrogen-bond donors (Lipinski definition) is 1. The lowest BCUT2D eigenvalue weighted by Crippen LogP contribution is -2.47. The van der Waals surface area contributed by atoms with Gasteiger partial charge in [0.15, 0.2) is 0 Å². The van der Waals surface area contributed by atoms with E-state index in [1.165, 1.54) is 25.7 Å². The number of nitrogens with zero attached hydrogens (tertiary/aromatic N) is 1. The largest absolute Gasteiger partial charge is 0.353 e. The maximum absolute atomic E-state index is 13.5. The van der Waals surface area contributed by atoms with Crippen LogP contribution in [0.3, 0.4) is 0 Å². The summed E-state index contributed by atoms with van der Waals surface area (Å²) in [5, 5.41) is 5.33. The first kappa shape index (κ1) is 18.2. The molecule has 1 aromatic heterocycles. The number of amides is 2. The minimum atomic E-state index is -0.370. The first-order valence-corrected chi connectivity index (χ1v) is 10.7. The van der Waals surface area contributed by atoms with Gasteiger partial charge in [-0.3, -0.25) is 9.59 Å². The van der Waals surface area contributed by atoms with E-state index < -0.39 is 0 Å². The van der Waals surface area contributed by atoms with Crippen LogP contribution in [-0.4, -0.2) is 29.8 Å². The van der Waals surface area contributed by atoms with E-state index in [1.54, 1.807) is 16.2 Å². The van der Waals surface area contributed by atoms with Crippen LogP contribution < -0.4 is 5.32 Å². The number of fused-ring (bicyclic) bond motifs is 1. The molecule has 1 aliphatic carbocycles. The quantitative estimate of drug-likeness (QED) is 0.795. The van der Waals surface area contributed by atoms with Crippen LogP contribution in [0, 0.1) is 0 Å². The minimum absolute atomic E-state index is 0.0116. The van der Waals surface area contributed by atoms with Gasteiger partial charge in [0.05, 0.1) is 12.0 Å². The Morgan fingerprint density at radius 2 is 1.81 bits per heavy atom. The predicted molar refractivity (Wildman–Crippen MR) is 108 cm³/mol. The molecule has 0 radical (unpaired) electrons. The summed E-state index contributed by atoms with van der Waals surface area (Å²) in [6.45, 7) is 0. The van der Waals surface area contributed by atoms with Crippen molar-refractivity contribution in [3.63, 3.8) is 0 Å². The summed E-state index contributed by atoms with van der Waals surface area (Å²) >= 11 is 1.61. The third-order valence-corrected chi connectivity index (χ3v) is 6.84. The lowest BCUT2D eigenvalue weighted by molar-refractivity contribution is -0.124. The van der Waals surface area contributed by atoms with Gasteiger partial charge in [-0.2, -0.15) is 0 Å². The topological polar surface area (TPSA) is 49.4 Å². The Labute approximate surface area is 164 Å². The van der Waals surface area contributed by atoms with Crippen LogP contribution in [0.2, 0.25) is 0 Å². The maximum atomic E-state index is 13.5. The molecule has 1 aliphatic heterocycles. The molecule has 0 bridgehead atoms. The standard InChI is InChI=1S/C22H26N2O2S/c1-24-20(18-13-8-14-27-18)19(16-11-6-7-12-17(16)22(24)26)21(25)23-15-9-4-2-3-5-10-15/h6-8,11-15,19-20H,2-5,9-10H2,1H3,(H,23,25)/t19-,20-/m0/s1. The van der Waals surface area contributed by atoms with Gasteiger partial charge in [-0.25, -0.2) is 0 Å². The lowest BCUT2D eigenvalue weighted by Gasteiger charge is -2.39. The summed E-state index contributed by atoms with van der Waals surface area (Å²) in [4.78, 5) is 29.2. The van der Waals surface area contributed by atoms with Crippen LogP contribution in [0.4, 0.5) is 0 Å². The fraction of sp³-hybridized carbons (Fsp3) is 0.455. The van der Waals surface area contributed by atoms with Gasteiger partial charge in [-0.05, 0) is 35.9 Å². The smallest absolute Gasteiger partial charge is 0.254 e. The van der Waals surface area contributed by atoms with Gasteiger partial charge in [-0.15, -0.1) is 11.3 Å². The SMILES string of the molecule is CN1C(=O)c2ccccc2[C@H](C(=O)NC2CCCCCC2)[C@@H]1c1cccs1. The Morgan fingerprint density at radius 3 is 2.52 bits per heavy atom. The molecule has 1 aromatic carbocycles. The molecular formula is C22H26N2O2S. The van der Waals surface area contributed by atoms with Crippen molar-refractivity contribution in [2.45, 2.75) is 56.5 Å². The highest BCUT2D eigenvalue weighted by atomic mass is 32.1. The first-order chi connectivity index (χ1) is 13.2. The molecule has 2 atom stereocenters. The maximum Gasteiger partial charge on any atom is 0.254 e. The van der Waals surface area contributed by atoms with E-state index in [-0.39, 0.29) is 29.8 Å². The van der Waals surface area contributed by atoms with E-state index >= 15 is 0 Å². The molecule has 4 rings (SSSR count). The van der Waals surface area contributed by atoms with Crippen LogP contribution in [0.5, 0.6) is 0 Å². The van der Waals surface area contributed by atoms with E-state index in [0.717, 1.165) is 23.3 Å². The van der Waals surface area contributed by atoms with Gasteiger partial charge in [0, 0.05) is 23.5 Å². The Balaban J connectivity index is 1.70. The molecule has 1 N–H and O–H groups in total. The molecule has 1 fully saturated rings. The molecule has 2 heterocycles. The molecule has 2 aliphatic rings. The van der Waals surface area contributed by atoms with Crippen molar-refractivity contribution in [1.82, 2.24) is 10.2 Å².